The van der Waals surface area contributed by atoms with E-state index in [2.05, 4.69) is 34.7 Å². The number of anilines is 1. The topological polar surface area (TPSA) is 103 Å². The van der Waals surface area contributed by atoms with Crippen molar-refractivity contribution in [2.24, 2.45) is 0 Å². The molecular formula is C27H35N5O3. The van der Waals surface area contributed by atoms with Gasteiger partial charge in [-0.05, 0) is 42.2 Å². The van der Waals surface area contributed by atoms with Crippen LogP contribution in [0.2, 0.25) is 0 Å². The standard InChI is InChI=1S/C27H35N5O3/c1-17(2)28-10-11-35-21-9-8-18-15-32(16-19(18)12-21)27(34)23-13-22-24(14-25(23)33)30-31-26(22)29-20-6-4-3-5-7-20/h8-9,12-14,17,20,28,33H,3-7,10-11,15-16H2,1-2H3,(H2,29,30,31). The quantitative estimate of drug-likeness (QED) is 0.355. The largest absolute Gasteiger partial charge is 0.507 e. The van der Waals surface area contributed by atoms with Crippen LogP contribution in [0.15, 0.2) is 30.3 Å². The molecule has 35 heavy (non-hydrogen) atoms. The van der Waals surface area contributed by atoms with Crippen LogP contribution in [0.3, 0.4) is 0 Å². The molecule has 2 heterocycles. The van der Waals surface area contributed by atoms with E-state index in [9.17, 15) is 9.90 Å². The van der Waals surface area contributed by atoms with Crippen molar-refractivity contribution in [3.8, 4) is 11.5 Å². The highest BCUT2D eigenvalue weighted by molar-refractivity contribution is 6.03. The minimum atomic E-state index is -0.186. The molecular weight excluding hydrogens is 442 g/mol. The number of aromatic hydroxyl groups is 1. The van der Waals surface area contributed by atoms with E-state index in [1.54, 1.807) is 17.0 Å². The van der Waals surface area contributed by atoms with E-state index in [1.165, 1.54) is 19.3 Å². The van der Waals surface area contributed by atoms with E-state index in [0.29, 0.717) is 37.3 Å². The van der Waals surface area contributed by atoms with E-state index in [1.807, 2.05) is 18.2 Å². The molecule has 4 N–H and O–H groups in total. The summed E-state index contributed by atoms with van der Waals surface area (Å²) in [6.07, 6.45) is 5.99. The number of benzene rings is 2. The first-order chi connectivity index (χ1) is 17.0. The van der Waals surface area contributed by atoms with Gasteiger partial charge in [0.1, 0.15) is 18.1 Å². The molecule has 1 aliphatic heterocycles. The fourth-order valence-electron chi connectivity index (χ4n) is 5.07. The van der Waals surface area contributed by atoms with Gasteiger partial charge in [-0.15, -0.1) is 0 Å². The van der Waals surface area contributed by atoms with Crippen molar-refractivity contribution in [3.05, 3.63) is 47.0 Å². The van der Waals surface area contributed by atoms with Crippen molar-refractivity contribution in [3.63, 3.8) is 0 Å². The van der Waals surface area contributed by atoms with Crippen molar-refractivity contribution in [2.45, 2.75) is 71.1 Å². The van der Waals surface area contributed by atoms with Crippen LogP contribution < -0.4 is 15.4 Å². The molecule has 0 atom stereocenters. The number of phenols is 1. The summed E-state index contributed by atoms with van der Waals surface area (Å²) < 4.78 is 5.87. The molecule has 3 aromatic rings. The molecule has 8 heteroatoms. The second-order valence-corrected chi connectivity index (χ2v) is 10.0. The number of fused-ring (bicyclic) bond motifs is 2. The smallest absolute Gasteiger partial charge is 0.258 e. The van der Waals surface area contributed by atoms with Crippen molar-refractivity contribution in [1.82, 2.24) is 20.4 Å². The molecule has 1 saturated carbocycles. The van der Waals surface area contributed by atoms with Crippen LogP contribution in [0, 0.1) is 0 Å². The number of ether oxygens (including phenoxy) is 1. The van der Waals surface area contributed by atoms with E-state index < -0.39 is 0 Å². The fourth-order valence-corrected chi connectivity index (χ4v) is 5.07. The van der Waals surface area contributed by atoms with Gasteiger partial charge in [-0.3, -0.25) is 9.89 Å². The number of hydrogen-bond acceptors (Lipinski definition) is 6. The molecule has 0 saturated heterocycles. The number of nitrogens with zero attached hydrogens (tertiary/aromatic N) is 2. The number of carbonyl (C=O) groups excluding carboxylic acids is 1. The molecule has 186 valence electrons. The lowest BCUT2D eigenvalue weighted by molar-refractivity contribution is 0.0748. The number of carbonyl (C=O) groups is 1. The maximum atomic E-state index is 13.4. The van der Waals surface area contributed by atoms with E-state index >= 15 is 0 Å². The third-order valence-electron chi connectivity index (χ3n) is 6.97. The lowest BCUT2D eigenvalue weighted by Gasteiger charge is -2.22. The number of amides is 1. The molecule has 1 aromatic heterocycles. The van der Waals surface area contributed by atoms with Gasteiger partial charge in [0.15, 0.2) is 5.82 Å². The molecule has 0 bridgehead atoms. The van der Waals surface area contributed by atoms with Crippen LogP contribution >= 0.6 is 0 Å². The summed E-state index contributed by atoms with van der Waals surface area (Å²) in [6.45, 7) is 6.60. The summed E-state index contributed by atoms with van der Waals surface area (Å²) in [4.78, 5) is 15.2. The fraction of sp³-hybridized carbons (Fsp3) is 0.481. The molecule has 8 nitrogen and oxygen atoms in total. The van der Waals surface area contributed by atoms with E-state index in [0.717, 1.165) is 53.0 Å². The number of phenolic OH excluding ortho intramolecular Hbond substituents is 1. The van der Waals surface area contributed by atoms with Gasteiger partial charge in [0.25, 0.3) is 5.91 Å². The summed E-state index contributed by atoms with van der Waals surface area (Å²) in [5.74, 6) is 1.34. The van der Waals surface area contributed by atoms with Crippen LogP contribution in [0.1, 0.15) is 67.4 Å². The molecule has 5 rings (SSSR count). The number of aromatic nitrogens is 2. The van der Waals surface area contributed by atoms with Crippen molar-refractivity contribution in [1.29, 1.82) is 0 Å². The Morgan fingerprint density at radius 1 is 1.17 bits per heavy atom. The molecule has 1 fully saturated rings. The van der Waals surface area contributed by atoms with Gasteiger partial charge < -0.3 is 25.4 Å². The summed E-state index contributed by atoms with van der Waals surface area (Å²) in [5.41, 5.74) is 3.20. The number of nitrogens with one attached hydrogen (secondary N) is 3. The molecule has 2 aromatic carbocycles. The average Bonchev–Trinajstić information content (AvgIpc) is 3.45. The molecule has 1 amide bonds. The third-order valence-corrected chi connectivity index (χ3v) is 6.97. The minimum absolute atomic E-state index is 0.0343. The number of H-pyrrole nitrogens is 1. The van der Waals surface area contributed by atoms with Gasteiger partial charge in [-0.2, -0.15) is 5.10 Å². The number of hydrogen-bond donors (Lipinski definition) is 4. The van der Waals surface area contributed by atoms with Gasteiger partial charge in [0, 0.05) is 43.2 Å². The zero-order valence-electron chi connectivity index (χ0n) is 20.6. The Bertz CT molecular complexity index is 1200. The summed E-state index contributed by atoms with van der Waals surface area (Å²) in [5, 5.41) is 25.8. The SMILES string of the molecule is CC(C)NCCOc1ccc2c(c1)CN(C(=O)c1cc3c(NC4CCCCC4)n[nH]c3cc1O)C2. The minimum Gasteiger partial charge on any atom is -0.507 e. The number of rotatable bonds is 8. The van der Waals surface area contributed by atoms with Gasteiger partial charge in [0.2, 0.25) is 0 Å². The molecule has 1 aliphatic carbocycles. The zero-order chi connectivity index (χ0) is 24.4. The summed E-state index contributed by atoms with van der Waals surface area (Å²) in [7, 11) is 0. The van der Waals surface area contributed by atoms with E-state index in [-0.39, 0.29) is 11.7 Å². The normalized spacial score (nSPS) is 16.1. The lowest BCUT2D eigenvalue weighted by Crippen LogP contribution is -2.27. The summed E-state index contributed by atoms with van der Waals surface area (Å²) in [6, 6.07) is 10.2. The third kappa shape index (κ3) is 5.22. The Kier molecular flexibility index (Phi) is 6.81. The predicted octanol–water partition coefficient (Wildman–Crippen LogP) is 4.55. The highest BCUT2D eigenvalue weighted by atomic mass is 16.5. The number of aromatic amines is 1. The Morgan fingerprint density at radius 2 is 1.97 bits per heavy atom. The summed E-state index contributed by atoms with van der Waals surface area (Å²) >= 11 is 0. The first kappa shape index (κ1) is 23.5. The van der Waals surface area contributed by atoms with Crippen molar-refractivity contribution < 1.29 is 14.6 Å². The maximum absolute atomic E-state index is 13.4. The molecule has 2 aliphatic rings. The zero-order valence-corrected chi connectivity index (χ0v) is 20.6. The Hall–Kier alpha value is -3.26. The lowest BCUT2D eigenvalue weighted by atomic mass is 9.95. The van der Waals surface area contributed by atoms with Gasteiger partial charge in [0.05, 0.1) is 11.1 Å². The van der Waals surface area contributed by atoms with E-state index in [4.69, 9.17) is 4.74 Å². The van der Waals surface area contributed by atoms with Crippen LogP contribution in [0.5, 0.6) is 11.5 Å². The highest BCUT2D eigenvalue weighted by Crippen LogP contribution is 2.33. The Labute approximate surface area is 206 Å². The Balaban J connectivity index is 1.29. The van der Waals surface area contributed by atoms with Crippen LogP contribution in [-0.2, 0) is 13.1 Å². The van der Waals surface area contributed by atoms with Crippen molar-refractivity contribution >= 4 is 22.6 Å². The second kappa shape index (κ2) is 10.2. The predicted molar refractivity (Wildman–Crippen MR) is 137 cm³/mol. The van der Waals surface area contributed by atoms with Crippen LogP contribution in [-0.4, -0.2) is 51.3 Å². The van der Waals surface area contributed by atoms with Gasteiger partial charge >= 0.3 is 0 Å². The highest BCUT2D eigenvalue weighted by Gasteiger charge is 2.27. The molecule has 0 spiro atoms. The van der Waals surface area contributed by atoms with Crippen LogP contribution in [0.4, 0.5) is 5.82 Å². The van der Waals surface area contributed by atoms with Gasteiger partial charge in [-0.1, -0.05) is 39.2 Å². The monoisotopic (exact) mass is 477 g/mol. The maximum Gasteiger partial charge on any atom is 0.258 e. The van der Waals surface area contributed by atoms with Crippen LogP contribution in [0.25, 0.3) is 10.9 Å². The average molecular weight is 478 g/mol. The van der Waals surface area contributed by atoms with Crippen molar-refractivity contribution in [2.75, 3.05) is 18.5 Å². The molecule has 0 radical (unpaired) electrons. The second-order valence-electron chi connectivity index (χ2n) is 10.0. The molecule has 0 unspecified atom stereocenters. The first-order valence-electron chi connectivity index (χ1n) is 12.7. The van der Waals surface area contributed by atoms with Gasteiger partial charge in [-0.25, -0.2) is 0 Å². The Morgan fingerprint density at radius 3 is 2.77 bits per heavy atom. The first-order valence-corrected chi connectivity index (χ1v) is 12.7.